The van der Waals surface area contributed by atoms with Gasteiger partial charge in [-0.05, 0) is 23.8 Å². The Kier molecular flexibility index (Phi) is 4.01. The summed E-state index contributed by atoms with van der Waals surface area (Å²) in [7, 11) is 0. The molecule has 0 atom stereocenters. The summed E-state index contributed by atoms with van der Waals surface area (Å²) in [6.45, 7) is 4.25. The molecule has 2 aromatic heterocycles. The zero-order valence-corrected chi connectivity index (χ0v) is 13.5. The Morgan fingerprint density at radius 3 is 2.58 bits per heavy atom. The van der Waals surface area contributed by atoms with Crippen molar-refractivity contribution in [2.24, 2.45) is 0 Å². The summed E-state index contributed by atoms with van der Waals surface area (Å²) in [6.07, 6.45) is 5.48. The average molecular weight is 320 g/mol. The van der Waals surface area contributed by atoms with Crippen LogP contribution >= 0.6 is 0 Å². The first-order valence-electron chi connectivity index (χ1n) is 8.28. The highest BCUT2D eigenvalue weighted by molar-refractivity contribution is 6.06. The number of nitrogens with zero attached hydrogens (tertiary/aromatic N) is 3. The molecule has 1 saturated heterocycles. The van der Waals surface area contributed by atoms with Crippen molar-refractivity contribution in [2.45, 2.75) is 6.54 Å². The van der Waals surface area contributed by atoms with Crippen molar-refractivity contribution in [1.82, 2.24) is 19.8 Å². The van der Waals surface area contributed by atoms with E-state index in [-0.39, 0.29) is 5.91 Å². The van der Waals surface area contributed by atoms with Gasteiger partial charge < -0.3 is 9.88 Å². The minimum Gasteiger partial charge on any atom is -0.360 e. The second-order valence-electron chi connectivity index (χ2n) is 6.17. The molecule has 1 N–H and O–H groups in total. The maximum absolute atomic E-state index is 12.8. The third-order valence-electron chi connectivity index (χ3n) is 4.63. The van der Waals surface area contributed by atoms with Crippen LogP contribution in [0.15, 0.2) is 55.0 Å². The number of carbonyl (C=O) groups excluding carboxylic acids is 1. The fourth-order valence-corrected chi connectivity index (χ4v) is 3.27. The minimum absolute atomic E-state index is 0.121. The topological polar surface area (TPSA) is 52.2 Å². The van der Waals surface area contributed by atoms with Gasteiger partial charge in [0.1, 0.15) is 0 Å². The normalized spacial score (nSPS) is 15.8. The summed E-state index contributed by atoms with van der Waals surface area (Å²) in [5.41, 5.74) is 3.05. The lowest BCUT2D eigenvalue weighted by Crippen LogP contribution is -2.48. The van der Waals surface area contributed by atoms with E-state index in [0.717, 1.165) is 49.2 Å². The summed E-state index contributed by atoms with van der Waals surface area (Å²) < 4.78 is 0. The number of nitrogens with one attached hydrogen (secondary N) is 1. The summed E-state index contributed by atoms with van der Waals surface area (Å²) >= 11 is 0. The van der Waals surface area contributed by atoms with Crippen LogP contribution in [0, 0.1) is 0 Å². The number of pyridine rings is 1. The summed E-state index contributed by atoms with van der Waals surface area (Å²) in [4.78, 5) is 24.4. The van der Waals surface area contributed by atoms with E-state index < -0.39 is 0 Å². The first-order valence-corrected chi connectivity index (χ1v) is 8.28. The Morgan fingerprint density at radius 2 is 1.79 bits per heavy atom. The van der Waals surface area contributed by atoms with E-state index in [4.69, 9.17) is 0 Å². The molecule has 0 spiro atoms. The van der Waals surface area contributed by atoms with Gasteiger partial charge in [-0.15, -0.1) is 0 Å². The zero-order valence-electron chi connectivity index (χ0n) is 13.5. The van der Waals surface area contributed by atoms with Crippen LogP contribution in [0.5, 0.6) is 0 Å². The second-order valence-corrected chi connectivity index (χ2v) is 6.17. The molecule has 1 aliphatic rings. The molecule has 122 valence electrons. The van der Waals surface area contributed by atoms with Gasteiger partial charge >= 0.3 is 0 Å². The molecule has 5 heteroatoms. The van der Waals surface area contributed by atoms with Crippen LogP contribution in [-0.4, -0.2) is 51.9 Å². The van der Waals surface area contributed by atoms with Crippen LogP contribution < -0.4 is 0 Å². The lowest BCUT2D eigenvalue weighted by Gasteiger charge is -2.34. The van der Waals surface area contributed by atoms with Crippen molar-refractivity contribution >= 4 is 16.8 Å². The predicted octanol–water partition coefficient (Wildman–Crippen LogP) is 2.52. The number of hydrogen-bond acceptors (Lipinski definition) is 3. The number of fused-ring (bicyclic) bond motifs is 1. The highest BCUT2D eigenvalue weighted by atomic mass is 16.2. The number of para-hydroxylation sites is 1. The van der Waals surface area contributed by atoms with Gasteiger partial charge in [0, 0.05) is 62.2 Å². The van der Waals surface area contributed by atoms with Crippen LogP contribution in [0.4, 0.5) is 0 Å². The number of benzene rings is 1. The van der Waals surface area contributed by atoms with Crippen LogP contribution in [-0.2, 0) is 6.54 Å². The molecule has 1 aliphatic heterocycles. The van der Waals surface area contributed by atoms with E-state index in [0.29, 0.717) is 0 Å². The van der Waals surface area contributed by atoms with Gasteiger partial charge in [-0.3, -0.25) is 14.7 Å². The molecule has 0 aliphatic carbocycles. The van der Waals surface area contributed by atoms with Crippen molar-refractivity contribution in [3.8, 4) is 0 Å². The summed E-state index contributed by atoms with van der Waals surface area (Å²) in [5.74, 6) is 0.121. The van der Waals surface area contributed by atoms with Crippen molar-refractivity contribution in [1.29, 1.82) is 0 Å². The first kappa shape index (κ1) is 14.9. The molecule has 0 radical (unpaired) electrons. The van der Waals surface area contributed by atoms with Crippen molar-refractivity contribution in [3.05, 3.63) is 66.1 Å². The largest absolute Gasteiger partial charge is 0.360 e. The van der Waals surface area contributed by atoms with Crippen LogP contribution in [0.2, 0.25) is 0 Å². The molecule has 1 fully saturated rings. The van der Waals surface area contributed by atoms with Crippen LogP contribution in [0.25, 0.3) is 10.9 Å². The number of aromatic amines is 1. The lowest BCUT2D eigenvalue weighted by molar-refractivity contribution is 0.0630. The Balaban J connectivity index is 1.41. The Hall–Kier alpha value is -2.66. The molecule has 4 rings (SSSR count). The summed E-state index contributed by atoms with van der Waals surface area (Å²) in [6, 6.07) is 12.0. The number of rotatable bonds is 3. The molecule has 0 unspecified atom stereocenters. The lowest BCUT2D eigenvalue weighted by atomic mass is 10.1. The third-order valence-corrected chi connectivity index (χ3v) is 4.63. The molecular weight excluding hydrogens is 300 g/mol. The van der Waals surface area contributed by atoms with E-state index in [1.54, 1.807) is 0 Å². The monoisotopic (exact) mass is 320 g/mol. The SMILES string of the molecule is O=C(c1c[nH]c2ccccc12)N1CCN(Cc2ccncc2)CC1. The fraction of sp³-hybridized carbons (Fsp3) is 0.263. The number of carbonyl (C=O) groups is 1. The fourth-order valence-electron chi connectivity index (χ4n) is 3.27. The maximum atomic E-state index is 12.8. The third kappa shape index (κ3) is 2.90. The van der Waals surface area contributed by atoms with Gasteiger partial charge in [0.15, 0.2) is 0 Å². The molecule has 1 aromatic carbocycles. The van der Waals surface area contributed by atoms with E-state index in [9.17, 15) is 4.79 Å². The predicted molar refractivity (Wildman–Crippen MR) is 93.7 cm³/mol. The number of H-pyrrole nitrogens is 1. The van der Waals surface area contributed by atoms with E-state index in [1.165, 1.54) is 5.56 Å². The minimum atomic E-state index is 0.121. The van der Waals surface area contributed by atoms with Crippen LogP contribution in [0.1, 0.15) is 15.9 Å². The van der Waals surface area contributed by atoms with E-state index in [1.807, 2.05) is 59.9 Å². The molecular formula is C19H20N4O. The van der Waals surface area contributed by atoms with Crippen molar-refractivity contribution in [2.75, 3.05) is 26.2 Å². The quantitative estimate of drug-likeness (QED) is 0.807. The summed E-state index contributed by atoms with van der Waals surface area (Å²) in [5, 5.41) is 1.00. The van der Waals surface area contributed by atoms with Gasteiger partial charge in [-0.25, -0.2) is 0 Å². The smallest absolute Gasteiger partial charge is 0.256 e. The Labute approximate surface area is 140 Å². The van der Waals surface area contributed by atoms with Gasteiger partial charge in [0.2, 0.25) is 0 Å². The molecule has 0 bridgehead atoms. The highest BCUT2D eigenvalue weighted by Crippen LogP contribution is 2.20. The van der Waals surface area contributed by atoms with Crippen molar-refractivity contribution < 1.29 is 4.79 Å². The van der Waals surface area contributed by atoms with Gasteiger partial charge in [-0.1, -0.05) is 18.2 Å². The number of piperazine rings is 1. The van der Waals surface area contributed by atoms with Gasteiger partial charge in [0.05, 0.1) is 5.56 Å². The maximum Gasteiger partial charge on any atom is 0.256 e. The van der Waals surface area contributed by atoms with E-state index in [2.05, 4.69) is 14.9 Å². The van der Waals surface area contributed by atoms with Gasteiger partial charge in [-0.2, -0.15) is 0 Å². The molecule has 24 heavy (non-hydrogen) atoms. The molecule has 1 amide bonds. The Morgan fingerprint density at radius 1 is 1.04 bits per heavy atom. The van der Waals surface area contributed by atoms with Crippen molar-refractivity contribution in [3.63, 3.8) is 0 Å². The van der Waals surface area contributed by atoms with E-state index >= 15 is 0 Å². The standard InChI is InChI=1S/C19H20N4O/c24-19(17-13-21-18-4-2-1-3-16(17)18)23-11-9-22(10-12-23)14-15-5-7-20-8-6-15/h1-8,13,21H,9-12,14H2. The molecule has 5 nitrogen and oxygen atoms in total. The number of amides is 1. The Bertz CT molecular complexity index is 835. The number of aromatic nitrogens is 2. The number of hydrogen-bond donors (Lipinski definition) is 1. The molecule has 3 heterocycles. The average Bonchev–Trinajstić information content (AvgIpc) is 3.07. The second kappa shape index (κ2) is 6.45. The highest BCUT2D eigenvalue weighted by Gasteiger charge is 2.23. The zero-order chi connectivity index (χ0) is 16.4. The van der Waals surface area contributed by atoms with Gasteiger partial charge in [0.25, 0.3) is 5.91 Å². The van der Waals surface area contributed by atoms with Crippen LogP contribution in [0.3, 0.4) is 0 Å². The molecule has 3 aromatic rings. The molecule has 0 saturated carbocycles. The first-order chi connectivity index (χ1) is 11.8.